The van der Waals surface area contributed by atoms with E-state index in [9.17, 15) is 5.11 Å². The molecule has 1 aromatic rings. The Morgan fingerprint density at radius 1 is 1.33 bits per heavy atom. The number of hydrogen-bond donors (Lipinski definition) is 0. The van der Waals surface area contributed by atoms with Gasteiger partial charge in [-0.15, -0.1) is 0 Å². The highest BCUT2D eigenvalue weighted by atomic mass is 16.3. The molecular weight excluding hydrogens is 148 g/mol. The van der Waals surface area contributed by atoms with Crippen molar-refractivity contribution >= 4 is 0 Å². The fourth-order valence-electron chi connectivity index (χ4n) is 1.13. The summed E-state index contributed by atoms with van der Waals surface area (Å²) in [6.45, 7) is 1.87. The summed E-state index contributed by atoms with van der Waals surface area (Å²) in [5.41, 5.74) is 1.11. The molecule has 0 aliphatic rings. The van der Waals surface area contributed by atoms with Crippen LogP contribution in [0.4, 0.5) is 0 Å². The van der Waals surface area contributed by atoms with Crippen LogP contribution in [0.5, 0.6) is 0 Å². The molecule has 1 aromatic carbocycles. The molecule has 63 valence electrons. The van der Waals surface area contributed by atoms with Crippen molar-refractivity contribution in [3.8, 4) is 0 Å². The van der Waals surface area contributed by atoms with E-state index in [1.807, 2.05) is 37.3 Å². The van der Waals surface area contributed by atoms with Crippen molar-refractivity contribution in [1.82, 2.24) is 0 Å². The first-order chi connectivity index (χ1) is 5.83. The Balaban J connectivity index is 2.52. The van der Waals surface area contributed by atoms with E-state index in [1.54, 1.807) is 12.2 Å². The Hall–Kier alpha value is -1.08. The second-order valence-corrected chi connectivity index (χ2v) is 2.75. The van der Waals surface area contributed by atoms with Crippen LogP contribution in [0.15, 0.2) is 42.5 Å². The predicted molar refractivity (Wildman–Crippen MR) is 49.4 cm³/mol. The highest BCUT2D eigenvalue weighted by Crippen LogP contribution is 2.03. The van der Waals surface area contributed by atoms with Crippen LogP contribution in [-0.4, -0.2) is 6.10 Å². The smallest absolute Gasteiger partial charge is 0.115 e. The van der Waals surface area contributed by atoms with Crippen LogP contribution in [0.1, 0.15) is 12.5 Å². The van der Waals surface area contributed by atoms with E-state index in [-0.39, 0.29) is 0 Å². The standard InChI is InChI=1S/C11H13O/c1-2-6-11(12)9-10-7-4-3-5-8-10/h2-8,11H,9H2,1H3/b6-2+. The average Bonchev–Trinajstić information content (AvgIpc) is 2.06. The van der Waals surface area contributed by atoms with Gasteiger partial charge >= 0.3 is 0 Å². The molecule has 0 bridgehead atoms. The lowest BCUT2D eigenvalue weighted by atomic mass is 10.1. The maximum atomic E-state index is 11.2. The van der Waals surface area contributed by atoms with Gasteiger partial charge in [0.1, 0.15) is 6.10 Å². The molecule has 0 aliphatic heterocycles. The summed E-state index contributed by atoms with van der Waals surface area (Å²) in [6, 6.07) is 9.83. The third-order valence-corrected chi connectivity index (χ3v) is 1.69. The van der Waals surface area contributed by atoms with E-state index in [4.69, 9.17) is 0 Å². The summed E-state index contributed by atoms with van der Waals surface area (Å²) in [6.07, 6.45) is 3.48. The van der Waals surface area contributed by atoms with E-state index in [1.165, 1.54) is 0 Å². The van der Waals surface area contributed by atoms with Crippen LogP contribution in [0, 0.1) is 0 Å². The van der Waals surface area contributed by atoms with Crippen LogP contribution in [0.3, 0.4) is 0 Å². The second kappa shape index (κ2) is 4.73. The Morgan fingerprint density at radius 3 is 2.58 bits per heavy atom. The van der Waals surface area contributed by atoms with Gasteiger partial charge in [-0.25, -0.2) is 5.11 Å². The van der Waals surface area contributed by atoms with E-state index in [0.29, 0.717) is 6.42 Å². The molecule has 1 rings (SSSR count). The Labute approximate surface area is 73.4 Å². The van der Waals surface area contributed by atoms with Gasteiger partial charge in [0.15, 0.2) is 0 Å². The van der Waals surface area contributed by atoms with Crippen molar-refractivity contribution in [3.05, 3.63) is 48.0 Å². The van der Waals surface area contributed by atoms with Gasteiger partial charge in [-0.2, -0.15) is 0 Å². The molecule has 1 heteroatoms. The quantitative estimate of drug-likeness (QED) is 0.607. The van der Waals surface area contributed by atoms with Crippen LogP contribution in [0.2, 0.25) is 0 Å². The number of allylic oxidation sites excluding steroid dienone is 1. The minimum Gasteiger partial charge on any atom is -0.228 e. The first-order valence-electron chi connectivity index (χ1n) is 4.15. The van der Waals surface area contributed by atoms with Gasteiger partial charge < -0.3 is 0 Å². The molecule has 0 heterocycles. The fraction of sp³-hybridized carbons (Fsp3) is 0.273. The zero-order chi connectivity index (χ0) is 8.81. The van der Waals surface area contributed by atoms with Crippen LogP contribution in [-0.2, 0) is 11.5 Å². The third kappa shape index (κ3) is 2.89. The second-order valence-electron chi connectivity index (χ2n) is 2.75. The zero-order valence-electron chi connectivity index (χ0n) is 7.23. The summed E-state index contributed by atoms with van der Waals surface area (Å²) in [4.78, 5) is 0. The van der Waals surface area contributed by atoms with Crippen molar-refractivity contribution < 1.29 is 5.11 Å². The molecular formula is C11H13O. The number of hydrogen-bond acceptors (Lipinski definition) is 0. The first kappa shape index (κ1) is 9.01. The zero-order valence-corrected chi connectivity index (χ0v) is 7.23. The van der Waals surface area contributed by atoms with Crippen molar-refractivity contribution in [3.63, 3.8) is 0 Å². The van der Waals surface area contributed by atoms with Gasteiger partial charge in [0.25, 0.3) is 0 Å². The molecule has 0 saturated heterocycles. The van der Waals surface area contributed by atoms with E-state index >= 15 is 0 Å². The van der Waals surface area contributed by atoms with Gasteiger partial charge in [-0.1, -0.05) is 42.5 Å². The van der Waals surface area contributed by atoms with Crippen molar-refractivity contribution in [1.29, 1.82) is 0 Å². The van der Waals surface area contributed by atoms with E-state index in [2.05, 4.69) is 0 Å². The highest BCUT2D eigenvalue weighted by molar-refractivity contribution is 5.16. The number of rotatable bonds is 3. The maximum Gasteiger partial charge on any atom is 0.115 e. The maximum absolute atomic E-state index is 11.2. The molecule has 12 heavy (non-hydrogen) atoms. The van der Waals surface area contributed by atoms with Crippen molar-refractivity contribution in [2.24, 2.45) is 0 Å². The minimum atomic E-state index is -0.600. The molecule has 0 N–H and O–H groups in total. The minimum absolute atomic E-state index is 0.588. The number of benzene rings is 1. The first-order valence-corrected chi connectivity index (χ1v) is 4.15. The van der Waals surface area contributed by atoms with Gasteiger partial charge in [0.2, 0.25) is 0 Å². The van der Waals surface area contributed by atoms with Crippen molar-refractivity contribution in [2.45, 2.75) is 19.4 Å². The molecule has 0 saturated carbocycles. The Kier molecular flexibility index (Phi) is 3.55. The van der Waals surface area contributed by atoms with Crippen LogP contribution < -0.4 is 0 Å². The molecule has 0 aromatic heterocycles. The lowest BCUT2D eigenvalue weighted by Gasteiger charge is -2.01. The normalized spacial score (nSPS) is 13.5. The van der Waals surface area contributed by atoms with Gasteiger partial charge in [0, 0.05) is 6.42 Å². The van der Waals surface area contributed by atoms with Gasteiger partial charge in [-0.05, 0) is 12.5 Å². The van der Waals surface area contributed by atoms with E-state index < -0.39 is 6.10 Å². The summed E-state index contributed by atoms with van der Waals surface area (Å²) in [5, 5.41) is 11.2. The van der Waals surface area contributed by atoms with Gasteiger partial charge in [-0.3, -0.25) is 0 Å². The lowest BCUT2D eigenvalue weighted by molar-refractivity contribution is 0.130. The van der Waals surface area contributed by atoms with Crippen molar-refractivity contribution in [2.75, 3.05) is 0 Å². The average molecular weight is 161 g/mol. The molecule has 0 amide bonds. The monoisotopic (exact) mass is 161 g/mol. The van der Waals surface area contributed by atoms with E-state index in [0.717, 1.165) is 5.56 Å². The molecule has 0 aliphatic carbocycles. The molecule has 0 spiro atoms. The van der Waals surface area contributed by atoms with Crippen LogP contribution in [0.25, 0.3) is 0 Å². The SMILES string of the molecule is C/C=C/C([O])Cc1ccccc1. The summed E-state index contributed by atoms with van der Waals surface area (Å²) >= 11 is 0. The highest BCUT2D eigenvalue weighted by Gasteiger charge is 2.00. The molecule has 1 unspecified atom stereocenters. The summed E-state index contributed by atoms with van der Waals surface area (Å²) in [7, 11) is 0. The Morgan fingerprint density at radius 2 is 2.00 bits per heavy atom. The largest absolute Gasteiger partial charge is 0.228 e. The summed E-state index contributed by atoms with van der Waals surface area (Å²) in [5.74, 6) is 0. The lowest BCUT2D eigenvalue weighted by Crippen LogP contribution is -2.03. The van der Waals surface area contributed by atoms with Crippen LogP contribution >= 0.6 is 0 Å². The Bertz CT molecular complexity index is 238. The molecule has 1 radical (unpaired) electrons. The fourth-order valence-corrected chi connectivity index (χ4v) is 1.13. The third-order valence-electron chi connectivity index (χ3n) is 1.69. The molecule has 1 nitrogen and oxygen atoms in total. The predicted octanol–water partition coefficient (Wildman–Crippen LogP) is 2.60. The van der Waals surface area contributed by atoms with Gasteiger partial charge in [0.05, 0.1) is 0 Å². The summed E-state index contributed by atoms with van der Waals surface area (Å²) < 4.78 is 0. The topological polar surface area (TPSA) is 19.9 Å². The molecule has 1 atom stereocenters. The molecule has 0 fully saturated rings.